The van der Waals surface area contributed by atoms with E-state index < -0.39 is 0 Å². The number of unbranched alkanes of at least 4 members (excludes halogenated alkanes) is 13. The van der Waals surface area contributed by atoms with Gasteiger partial charge in [-0.2, -0.15) is 0 Å². The van der Waals surface area contributed by atoms with Gasteiger partial charge in [-0.05, 0) is 36.6 Å². The predicted octanol–water partition coefficient (Wildman–Crippen LogP) is 9.53. The summed E-state index contributed by atoms with van der Waals surface area (Å²) in [7, 11) is 0. The summed E-state index contributed by atoms with van der Waals surface area (Å²) in [6.45, 7) is 6.69. The summed E-state index contributed by atoms with van der Waals surface area (Å²) >= 11 is 0. The van der Waals surface area contributed by atoms with Crippen molar-refractivity contribution in [3.05, 3.63) is 48.0 Å². The molecule has 0 radical (unpaired) electrons. The van der Waals surface area contributed by atoms with Gasteiger partial charge in [0.15, 0.2) is 0 Å². The standard InChI is InChI=1S/C30H49N/c1-4-5-6-7-8-9-10-11-12-13-14-15-16-17-25-29(30(2,3)31)28-24-20-22-26-21-18-19-23-27(26)28/h18-24,29H,4-17,25,31H2,1-3H3. The van der Waals surface area contributed by atoms with Crippen LogP contribution in [0.1, 0.15) is 129 Å². The zero-order chi connectivity index (χ0) is 22.4. The number of rotatable bonds is 17. The first-order chi connectivity index (χ1) is 15.0. The molecule has 2 rings (SSSR count). The zero-order valence-electron chi connectivity index (χ0n) is 20.8. The highest BCUT2D eigenvalue weighted by Gasteiger charge is 2.27. The molecule has 0 heterocycles. The van der Waals surface area contributed by atoms with Gasteiger partial charge in [0.1, 0.15) is 0 Å². The molecular formula is C30H49N. The Morgan fingerprint density at radius 3 is 1.68 bits per heavy atom. The predicted molar refractivity (Wildman–Crippen MR) is 140 cm³/mol. The van der Waals surface area contributed by atoms with Crippen molar-refractivity contribution in [3.8, 4) is 0 Å². The van der Waals surface area contributed by atoms with Crippen LogP contribution in [-0.2, 0) is 0 Å². The first-order valence-corrected chi connectivity index (χ1v) is 13.3. The van der Waals surface area contributed by atoms with Gasteiger partial charge in [-0.3, -0.25) is 0 Å². The minimum atomic E-state index is -0.194. The Morgan fingerprint density at radius 1 is 0.645 bits per heavy atom. The number of fused-ring (bicyclic) bond motifs is 1. The second-order valence-corrected chi connectivity index (χ2v) is 10.3. The van der Waals surface area contributed by atoms with Crippen molar-refractivity contribution in [1.82, 2.24) is 0 Å². The fourth-order valence-corrected chi connectivity index (χ4v) is 5.03. The quantitative estimate of drug-likeness (QED) is 0.252. The van der Waals surface area contributed by atoms with Crippen LogP contribution in [0.2, 0.25) is 0 Å². The number of nitrogens with two attached hydrogens (primary N) is 1. The van der Waals surface area contributed by atoms with Gasteiger partial charge in [-0.1, -0.05) is 139 Å². The Labute approximate surface area is 193 Å². The maximum atomic E-state index is 6.66. The summed E-state index contributed by atoms with van der Waals surface area (Å²) in [5, 5.41) is 2.70. The molecule has 0 aliphatic rings. The van der Waals surface area contributed by atoms with Crippen LogP contribution in [-0.4, -0.2) is 5.54 Å². The Kier molecular flexibility index (Phi) is 12.3. The highest BCUT2D eigenvalue weighted by molar-refractivity contribution is 5.86. The molecule has 2 aromatic rings. The van der Waals surface area contributed by atoms with Gasteiger partial charge < -0.3 is 5.73 Å². The molecule has 1 heteroatoms. The van der Waals surface area contributed by atoms with E-state index in [1.54, 1.807) is 0 Å². The third kappa shape index (κ3) is 9.77. The SMILES string of the molecule is CCCCCCCCCCCCCCCCC(c1cccc2ccccc12)C(C)(C)N. The molecule has 0 fully saturated rings. The molecule has 0 saturated carbocycles. The molecule has 0 aliphatic heterocycles. The molecule has 2 aromatic carbocycles. The highest BCUT2D eigenvalue weighted by atomic mass is 14.7. The van der Waals surface area contributed by atoms with E-state index in [1.165, 1.54) is 113 Å². The number of benzene rings is 2. The third-order valence-corrected chi connectivity index (χ3v) is 6.94. The lowest BCUT2D eigenvalue weighted by atomic mass is 9.77. The smallest absolute Gasteiger partial charge is 0.0166 e. The van der Waals surface area contributed by atoms with Crippen molar-refractivity contribution in [2.24, 2.45) is 5.73 Å². The van der Waals surface area contributed by atoms with Gasteiger partial charge in [0.05, 0.1) is 0 Å². The van der Waals surface area contributed by atoms with Crippen LogP contribution >= 0.6 is 0 Å². The summed E-state index contributed by atoms with van der Waals surface area (Å²) in [4.78, 5) is 0. The topological polar surface area (TPSA) is 26.0 Å². The average Bonchev–Trinajstić information content (AvgIpc) is 2.75. The monoisotopic (exact) mass is 423 g/mol. The van der Waals surface area contributed by atoms with Crippen LogP contribution in [0, 0.1) is 0 Å². The first-order valence-electron chi connectivity index (χ1n) is 13.3. The molecule has 0 aromatic heterocycles. The fraction of sp³-hybridized carbons (Fsp3) is 0.667. The maximum absolute atomic E-state index is 6.66. The van der Waals surface area contributed by atoms with Crippen LogP contribution in [0.25, 0.3) is 10.8 Å². The van der Waals surface area contributed by atoms with Gasteiger partial charge in [0, 0.05) is 11.5 Å². The lowest BCUT2D eigenvalue weighted by molar-refractivity contribution is 0.378. The van der Waals surface area contributed by atoms with E-state index in [2.05, 4.69) is 63.2 Å². The van der Waals surface area contributed by atoms with Crippen molar-refractivity contribution in [2.45, 2.75) is 129 Å². The van der Waals surface area contributed by atoms with Crippen LogP contribution in [0.15, 0.2) is 42.5 Å². The minimum Gasteiger partial charge on any atom is -0.325 e. The molecule has 31 heavy (non-hydrogen) atoms. The van der Waals surface area contributed by atoms with Crippen molar-refractivity contribution < 1.29 is 0 Å². The average molecular weight is 424 g/mol. The third-order valence-electron chi connectivity index (χ3n) is 6.94. The van der Waals surface area contributed by atoms with E-state index in [9.17, 15) is 0 Å². The second-order valence-electron chi connectivity index (χ2n) is 10.3. The van der Waals surface area contributed by atoms with Gasteiger partial charge in [0.25, 0.3) is 0 Å². The minimum absolute atomic E-state index is 0.194. The molecular weight excluding hydrogens is 374 g/mol. The Hall–Kier alpha value is -1.34. The largest absolute Gasteiger partial charge is 0.325 e. The lowest BCUT2D eigenvalue weighted by Gasteiger charge is -2.32. The van der Waals surface area contributed by atoms with Crippen LogP contribution < -0.4 is 5.73 Å². The van der Waals surface area contributed by atoms with Crippen LogP contribution in [0.4, 0.5) is 0 Å². The normalized spacial score (nSPS) is 13.0. The number of hydrogen-bond acceptors (Lipinski definition) is 1. The molecule has 0 aliphatic carbocycles. The molecule has 1 unspecified atom stereocenters. The van der Waals surface area contributed by atoms with Crippen LogP contribution in [0.3, 0.4) is 0 Å². The summed E-state index contributed by atoms with van der Waals surface area (Å²) in [5.74, 6) is 0.413. The highest BCUT2D eigenvalue weighted by Crippen LogP contribution is 2.35. The summed E-state index contributed by atoms with van der Waals surface area (Å²) in [5.41, 5.74) is 7.89. The number of hydrogen-bond donors (Lipinski definition) is 1. The molecule has 0 spiro atoms. The van der Waals surface area contributed by atoms with Gasteiger partial charge in [0.2, 0.25) is 0 Å². The van der Waals surface area contributed by atoms with Gasteiger partial charge >= 0.3 is 0 Å². The molecule has 2 N–H and O–H groups in total. The van der Waals surface area contributed by atoms with Crippen molar-refractivity contribution in [2.75, 3.05) is 0 Å². The van der Waals surface area contributed by atoms with E-state index in [0.29, 0.717) is 5.92 Å². The molecule has 1 nitrogen and oxygen atoms in total. The first kappa shape index (κ1) is 25.9. The fourth-order valence-electron chi connectivity index (χ4n) is 5.03. The van der Waals surface area contributed by atoms with Gasteiger partial charge in [-0.15, -0.1) is 0 Å². The van der Waals surface area contributed by atoms with E-state index >= 15 is 0 Å². The molecule has 1 atom stereocenters. The lowest BCUT2D eigenvalue weighted by Crippen LogP contribution is -2.39. The van der Waals surface area contributed by atoms with E-state index in [1.807, 2.05) is 0 Å². The molecule has 0 amide bonds. The summed E-state index contributed by atoms with van der Waals surface area (Å²) in [6, 6.07) is 15.5. The van der Waals surface area contributed by atoms with Crippen molar-refractivity contribution in [1.29, 1.82) is 0 Å². The van der Waals surface area contributed by atoms with Crippen molar-refractivity contribution in [3.63, 3.8) is 0 Å². The Morgan fingerprint density at radius 2 is 1.13 bits per heavy atom. The zero-order valence-corrected chi connectivity index (χ0v) is 20.8. The summed E-state index contributed by atoms with van der Waals surface area (Å²) < 4.78 is 0. The molecule has 0 saturated heterocycles. The summed E-state index contributed by atoms with van der Waals surface area (Å²) in [6.07, 6.45) is 20.9. The maximum Gasteiger partial charge on any atom is 0.0166 e. The van der Waals surface area contributed by atoms with E-state index in [0.717, 1.165) is 0 Å². The molecule has 174 valence electrons. The van der Waals surface area contributed by atoms with Gasteiger partial charge in [-0.25, -0.2) is 0 Å². The van der Waals surface area contributed by atoms with E-state index in [4.69, 9.17) is 5.73 Å². The van der Waals surface area contributed by atoms with Crippen molar-refractivity contribution >= 4 is 10.8 Å². The van der Waals surface area contributed by atoms with Crippen LogP contribution in [0.5, 0.6) is 0 Å². The van der Waals surface area contributed by atoms with E-state index in [-0.39, 0.29) is 5.54 Å². The Balaban J connectivity index is 1.63. The Bertz CT molecular complexity index is 706. The molecule has 0 bridgehead atoms. The second kappa shape index (κ2) is 14.7.